The molecule has 0 unspecified atom stereocenters. The summed E-state index contributed by atoms with van der Waals surface area (Å²) in [6.45, 7) is 1.96. The van der Waals surface area contributed by atoms with Crippen molar-refractivity contribution in [2.24, 2.45) is 0 Å². The number of alkyl halides is 3. The fourth-order valence-corrected chi connectivity index (χ4v) is 1.70. The summed E-state index contributed by atoms with van der Waals surface area (Å²) in [6, 6.07) is 8.13. The van der Waals surface area contributed by atoms with Crippen LogP contribution in [0.3, 0.4) is 0 Å². The molecule has 2 aromatic rings. The number of aromatic nitrogens is 2. The zero-order chi connectivity index (χ0) is 14.8. The van der Waals surface area contributed by atoms with Crippen molar-refractivity contribution in [1.29, 1.82) is 0 Å². The standard InChI is InChI=1S/C13H10ClF3N2O/c1-2-8-4-3-5-9(6-8)20-11-7-10(14)18-12(19-11)13(15,16)17/h3-7H,2H2,1H3. The van der Waals surface area contributed by atoms with E-state index in [1.807, 2.05) is 13.0 Å². The maximum Gasteiger partial charge on any atom is 0.451 e. The van der Waals surface area contributed by atoms with Gasteiger partial charge in [-0.3, -0.25) is 0 Å². The summed E-state index contributed by atoms with van der Waals surface area (Å²) in [5, 5.41) is -0.325. The van der Waals surface area contributed by atoms with E-state index in [9.17, 15) is 13.2 Å². The molecule has 0 N–H and O–H groups in total. The van der Waals surface area contributed by atoms with E-state index < -0.39 is 12.0 Å². The van der Waals surface area contributed by atoms with Crippen molar-refractivity contribution < 1.29 is 17.9 Å². The zero-order valence-electron chi connectivity index (χ0n) is 10.4. The minimum atomic E-state index is -4.67. The Labute approximate surface area is 118 Å². The minimum absolute atomic E-state index is 0.245. The van der Waals surface area contributed by atoms with Gasteiger partial charge in [0.15, 0.2) is 0 Å². The van der Waals surface area contributed by atoms with Crippen LogP contribution in [0.25, 0.3) is 0 Å². The SMILES string of the molecule is CCc1cccc(Oc2cc(Cl)nc(C(F)(F)F)n2)c1. The average Bonchev–Trinajstić information content (AvgIpc) is 2.37. The zero-order valence-corrected chi connectivity index (χ0v) is 11.2. The highest BCUT2D eigenvalue weighted by Gasteiger charge is 2.35. The smallest absolute Gasteiger partial charge is 0.439 e. The molecule has 0 aliphatic carbocycles. The fraction of sp³-hybridized carbons (Fsp3) is 0.231. The van der Waals surface area contributed by atoms with E-state index in [1.54, 1.807) is 18.2 Å². The summed E-state index contributed by atoms with van der Waals surface area (Å²) < 4.78 is 43.0. The molecular formula is C13H10ClF3N2O. The monoisotopic (exact) mass is 302 g/mol. The van der Waals surface area contributed by atoms with Gasteiger partial charge >= 0.3 is 6.18 Å². The van der Waals surface area contributed by atoms with Crippen LogP contribution in [0, 0.1) is 0 Å². The van der Waals surface area contributed by atoms with E-state index in [-0.39, 0.29) is 11.0 Å². The predicted molar refractivity (Wildman–Crippen MR) is 67.9 cm³/mol. The van der Waals surface area contributed by atoms with E-state index in [4.69, 9.17) is 16.3 Å². The molecule has 0 bridgehead atoms. The van der Waals surface area contributed by atoms with Crippen LogP contribution in [0.4, 0.5) is 13.2 Å². The van der Waals surface area contributed by atoms with Crippen LogP contribution in [-0.4, -0.2) is 9.97 Å². The van der Waals surface area contributed by atoms with Crippen LogP contribution < -0.4 is 4.74 Å². The number of hydrogen-bond donors (Lipinski definition) is 0. The molecule has 0 aliphatic rings. The first-order valence-corrected chi connectivity index (χ1v) is 6.15. The Morgan fingerprint density at radius 3 is 2.60 bits per heavy atom. The number of hydrogen-bond acceptors (Lipinski definition) is 3. The largest absolute Gasteiger partial charge is 0.451 e. The first-order chi connectivity index (χ1) is 9.38. The number of halogens is 4. The lowest BCUT2D eigenvalue weighted by molar-refractivity contribution is -0.145. The van der Waals surface area contributed by atoms with Gasteiger partial charge in [-0.15, -0.1) is 0 Å². The summed E-state index contributed by atoms with van der Waals surface area (Å²) in [5.74, 6) is -1.18. The summed E-state index contributed by atoms with van der Waals surface area (Å²) in [7, 11) is 0. The molecule has 0 atom stereocenters. The van der Waals surface area contributed by atoms with Crippen LogP contribution in [0.5, 0.6) is 11.6 Å². The Morgan fingerprint density at radius 1 is 1.20 bits per heavy atom. The molecule has 7 heteroatoms. The molecule has 0 saturated carbocycles. The van der Waals surface area contributed by atoms with Gasteiger partial charge in [-0.25, -0.2) is 4.98 Å². The first-order valence-electron chi connectivity index (χ1n) is 5.77. The molecule has 106 valence electrons. The Balaban J connectivity index is 2.31. The molecule has 0 saturated heterocycles. The fourth-order valence-electron chi connectivity index (χ4n) is 1.53. The van der Waals surface area contributed by atoms with E-state index in [0.717, 1.165) is 18.1 Å². The van der Waals surface area contributed by atoms with Gasteiger partial charge in [-0.05, 0) is 24.1 Å². The third-order valence-electron chi connectivity index (χ3n) is 2.45. The Morgan fingerprint density at radius 2 is 1.95 bits per heavy atom. The second-order valence-corrected chi connectivity index (χ2v) is 4.34. The molecule has 0 spiro atoms. The lowest BCUT2D eigenvalue weighted by Crippen LogP contribution is -2.11. The van der Waals surface area contributed by atoms with E-state index in [1.165, 1.54) is 0 Å². The first kappa shape index (κ1) is 14.6. The quantitative estimate of drug-likeness (QED) is 0.783. The van der Waals surface area contributed by atoms with Gasteiger partial charge in [0, 0.05) is 6.07 Å². The van der Waals surface area contributed by atoms with Gasteiger partial charge in [-0.1, -0.05) is 30.7 Å². The second kappa shape index (κ2) is 5.66. The molecule has 1 aromatic heterocycles. The summed E-state index contributed by atoms with van der Waals surface area (Å²) in [5.41, 5.74) is 0.999. The molecule has 1 heterocycles. The van der Waals surface area contributed by atoms with Crippen molar-refractivity contribution in [2.45, 2.75) is 19.5 Å². The van der Waals surface area contributed by atoms with Crippen LogP contribution >= 0.6 is 11.6 Å². The highest BCUT2D eigenvalue weighted by atomic mass is 35.5. The van der Waals surface area contributed by atoms with E-state index in [2.05, 4.69) is 9.97 Å². The van der Waals surface area contributed by atoms with Crippen LogP contribution in [0.15, 0.2) is 30.3 Å². The van der Waals surface area contributed by atoms with Gasteiger partial charge in [0.25, 0.3) is 0 Å². The number of rotatable bonds is 3. The Hall–Kier alpha value is -1.82. The molecular weight excluding hydrogens is 293 g/mol. The number of benzene rings is 1. The van der Waals surface area contributed by atoms with E-state index >= 15 is 0 Å². The normalized spacial score (nSPS) is 11.4. The average molecular weight is 303 g/mol. The lowest BCUT2D eigenvalue weighted by atomic mass is 10.2. The molecule has 1 aromatic carbocycles. The minimum Gasteiger partial charge on any atom is -0.439 e. The molecule has 0 radical (unpaired) electrons. The topological polar surface area (TPSA) is 35.0 Å². The van der Waals surface area contributed by atoms with Crippen LogP contribution in [0.2, 0.25) is 5.15 Å². The van der Waals surface area contributed by atoms with Crippen molar-refractivity contribution in [2.75, 3.05) is 0 Å². The second-order valence-electron chi connectivity index (χ2n) is 3.95. The third kappa shape index (κ3) is 3.60. The number of ether oxygens (including phenoxy) is 1. The van der Waals surface area contributed by atoms with E-state index in [0.29, 0.717) is 5.75 Å². The van der Waals surface area contributed by atoms with Gasteiger partial charge in [0.1, 0.15) is 10.9 Å². The van der Waals surface area contributed by atoms with Crippen molar-refractivity contribution in [3.05, 3.63) is 46.9 Å². The Kier molecular flexibility index (Phi) is 4.13. The van der Waals surface area contributed by atoms with Crippen LogP contribution in [0.1, 0.15) is 18.3 Å². The molecule has 0 fully saturated rings. The van der Waals surface area contributed by atoms with Gasteiger partial charge in [0.2, 0.25) is 11.7 Å². The van der Waals surface area contributed by atoms with Crippen molar-refractivity contribution in [3.63, 3.8) is 0 Å². The third-order valence-corrected chi connectivity index (χ3v) is 2.65. The highest BCUT2D eigenvalue weighted by Crippen LogP contribution is 2.30. The predicted octanol–water partition coefficient (Wildman–Crippen LogP) is 4.50. The van der Waals surface area contributed by atoms with Gasteiger partial charge in [0.05, 0.1) is 0 Å². The highest BCUT2D eigenvalue weighted by molar-refractivity contribution is 6.29. The summed E-state index contributed by atoms with van der Waals surface area (Å²) >= 11 is 5.55. The molecule has 3 nitrogen and oxygen atoms in total. The lowest BCUT2D eigenvalue weighted by Gasteiger charge is -2.09. The van der Waals surface area contributed by atoms with Gasteiger partial charge < -0.3 is 4.74 Å². The van der Waals surface area contributed by atoms with Crippen LogP contribution in [-0.2, 0) is 12.6 Å². The van der Waals surface area contributed by atoms with Crippen molar-refractivity contribution in [3.8, 4) is 11.6 Å². The maximum atomic E-state index is 12.6. The summed E-state index contributed by atoms with van der Waals surface area (Å²) in [4.78, 5) is 6.44. The maximum absolute atomic E-state index is 12.6. The molecule has 0 aliphatic heterocycles. The van der Waals surface area contributed by atoms with Crippen molar-refractivity contribution >= 4 is 11.6 Å². The molecule has 2 rings (SSSR count). The molecule has 20 heavy (non-hydrogen) atoms. The number of aryl methyl sites for hydroxylation is 1. The van der Waals surface area contributed by atoms with Gasteiger partial charge in [-0.2, -0.15) is 18.2 Å². The van der Waals surface area contributed by atoms with Crippen molar-refractivity contribution in [1.82, 2.24) is 9.97 Å². The molecule has 0 amide bonds. The number of nitrogens with zero attached hydrogens (tertiary/aromatic N) is 2. The Bertz CT molecular complexity index is 617. The summed E-state index contributed by atoms with van der Waals surface area (Å²) in [6.07, 6.45) is -3.89.